The zero-order chi connectivity index (χ0) is 67.0. The van der Waals surface area contributed by atoms with Gasteiger partial charge in [0.05, 0.1) is 26.4 Å². The topological polar surface area (TPSA) is 237 Å². The Labute approximate surface area is 556 Å². The fourth-order valence-corrected chi connectivity index (χ4v) is 12.6. The van der Waals surface area contributed by atoms with Crippen LogP contribution < -0.4 is 0 Å². The number of carbonyl (C=O) groups is 4. The molecule has 0 aromatic rings. The van der Waals surface area contributed by atoms with Gasteiger partial charge in [-0.2, -0.15) is 0 Å². The molecule has 0 bridgehead atoms. The average molecular weight is 1340 g/mol. The smallest absolute Gasteiger partial charge is 0.462 e. The molecule has 0 fully saturated rings. The van der Waals surface area contributed by atoms with Crippen molar-refractivity contribution in [2.75, 3.05) is 39.6 Å². The van der Waals surface area contributed by atoms with Crippen molar-refractivity contribution in [2.45, 2.75) is 393 Å². The number of esters is 4. The summed E-state index contributed by atoms with van der Waals surface area (Å²) in [5.74, 6) is -1.37. The highest BCUT2D eigenvalue weighted by atomic mass is 31.2. The van der Waals surface area contributed by atoms with E-state index in [1.165, 1.54) is 186 Å². The molecule has 19 heteroatoms. The molecule has 3 N–H and O–H groups in total. The van der Waals surface area contributed by atoms with Crippen LogP contribution in [-0.2, 0) is 65.4 Å². The lowest BCUT2D eigenvalue weighted by atomic mass is 10.0. The Morgan fingerprint density at radius 1 is 0.297 bits per heavy atom. The van der Waals surface area contributed by atoms with Crippen molar-refractivity contribution in [3.8, 4) is 0 Å². The van der Waals surface area contributed by atoms with E-state index in [0.29, 0.717) is 25.7 Å². The number of rotatable bonds is 72. The molecule has 0 radical (unpaired) electrons. The number of phosphoric ester groups is 2. The maximum Gasteiger partial charge on any atom is 0.472 e. The second-order valence-corrected chi connectivity index (χ2v) is 29.4. The molecule has 0 heterocycles. The largest absolute Gasteiger partial charge is 0.472 e. The number of aliphatic hydroxyl groups excluding tert-OH is 1. The first-order valence-electron chi connectivity index (χ1n) is 37.6. The molecule has 2 unspecified atom stereocenters. The van der Waals surface area contributed by atoms with Gasteiger partial charge in [-0.1, -0.05) is 324 Å². The van der Waals surface area contributed by atoms with E-state index in [1.54, 1.807) is 0 Å². The van der Waals surface area contributed by atoms with Crippen molar-refractivity contribution in [2.24, 2.45) is 5.92 Å². The minimum absolute atomic E-state index is 0.106. The maximum absolute atomic E-state index is 13.0. The third-order valence-electron chi connectivity index (χ3n) is 16.8. The van der Waals surface area contributed by atoms with E-state index < -0.39 is 97.5 Å². The van der Waals surface area contributed by atoms with E-state index in [0.717, 1.165) is 109 Å². The van der Waals surface area contributed by atoms with E-state index >= 15 is 0 Å². The number of aliphatic hydroxyl groups is 1. The van der Waals surface area contributed by atoms with E-state index in [4.69, 9.17) is 37.0 Å². The molecule has 0 aromatic carbocycles. The summed E-state index contributed by atoms with van der Waals surface area (Å²) in [7, 11) is -9.89. The molecule has 5 atom stereocenters. The van der Waals surface area contributed by atoms with Crippen molar-refractivity contribution in [1.82, 2.24) is 0 Å². The standard InChI is InChI=1S/C72H140O17P2/c1-6-9-12-15-18-20-22-23-24-25-26-27-28-29-30-31-32-38-43-48-53-58-72(77)89-68(62-83-70(75)56-51-46-41-37-34-33-35-40-44-49-54-65(4)5)64-87-91(80,81)85-60-66(73)59-84-90(78,79)86-63-67(61-82-69(74)55-50-45-39-17-14-11-8-3)88-71(76)57-52-47-42-36-21-19-16-13-10-7-2/h65-68,73H,6-64H2,1-5H3,(H,78,79)(H,80,81)/t66-,67+,68+/m0/s1. The van der Waals surface area contributed by atoms with Crippen molar-refractivity contribution < 1.29 is 80.2 Å². The van der Waals surface area contributed by atoms with E-state index in [1.807, 2.05) is 0 Å². The Bertz CT molecular complexity index is 1750. The Morgan fingerprint density at radius 3 is 0.747 bits per heavy atom. The van der Waals surface area contributed by atoms with Crippen LogP contribution in [-0.4, -0.2) is 96.7 Å². The van der Waals surface area contributed by atoms with Crippen molar-refractivity contribution in [3.05, 3.63) is 0 Å². The average Bonchev–Trinajstić information content (AvgIpc) is 3.72. The third-order valence-corrected chi connectivity index (χ3v) is 18.7. The van der Waals surface area contributed by atoms with Crippen molar-refractivity contribution in [3.63, 3.8) is 0 Å². The van der Waals surface area contributed by atoms with Crippen LogP contribution in [0, 0.1) is 5.92 Å². The van der Waals surface area contributed by atoms with E-state index in [2.05, 4.69) is 34.6 Å². The second kappa shape index (κ2) is 65.4. The molecule has 0 aliphatic heterocycles. The second-order valence-electron chi connectivity index (χ2n) is 26.5. The van der Waals surface area contributed by atoms with Gasteiger partial charge in [0.2, 0.25) is 0 Å². The first-order valence-corrected chi connectivity index (χ1v) is 40.6. The number of hydrogen-bond donors (Lipinski definition) is 3. The lowest BCUT2D eigenvalue weighted by Gasteiger charge is -2.21. The van der Waals surface area contributed by atoms with Crippen LogP contribution >= 0.6 is 15.6 Å². The molecule has 91 heavy (non-hydrogen) atoms. The molecule has 0 amide bonds. The highest BCUT2D eigenvalue weighted by Crippen LogP contribution is 2.45. The summed E-state index contributed by atoms with van der Waals surface area (Å²) < 4.78 is 68.2. The molecular formula is C72H140O17P2. The van der Waals surface area contributed by atoms with Crippen LogP contribution in [0.15, 0.2) is 0 Å². The number of hydrogen-bond acceptors (Lipinski definition) is 15. The summed E-state index contributed by atoms with van der Waals surface area (Å²) in [6.45, 7) is 7.20. The minimum atomic E-state index is -4.95. The van der Waals surface area contributed by atoms with Gasteiger partial charge in [-0.3, -0.25) is 37.3 Å². The molecule has 0 aliphatic rings. The summed E-state index contributed by atoms with van der Waals surface area (Å²) in [5.41, 5.74) is 0. The summed E-state index contributed by atoms with van der Waals surface area (Å²) >= 11 is 0. The normalized spacial score (nSPS) is 14.0. The molecule has 0 spiro atoms. The Morgan fingerprint density at radius 2 is 0.505 bits per heavy atom. The van der Waals surface area contributed by atoms with Crippen LogP contribution in [0.2, 0.25) is 0 Å². The zero-order valence-corrected chi connectivity index (χ0v) is 60.8. The maximum atomic E-state index is 13.0. The Hall–Kier alpha value is -1.94. The fourth-order valence-electron chi connectivity index (χ4n) is 11.0. The zero-order valence-electron chi connectivity index (χ0n) is 59.0. The van der Waals surface area contributed by atoms with Gasteiger partial charge >= 0.3 is 39.5 Å². The van der Waals surface area contributed by atoms with Crippen molar-refractivity contribution >= 4 is 39.5 Å². The Kier molecular flexibility index (Phi) is 64.0. The highest BCUT2D eigenvalue weighted by Gasteiger charge is 2.30. The molecule has 0 aliphatic carbocycles. The minimum Gasteiger partial charge on any atom is -0.462 e. The van der Waals surface area contributed by atoms with Crippen LogP contribution in [0.4, 0.5) is 0 Å². The predicted molar refractivity (Wildman–Crippen MR) is 368 cm³/mol. The van der Waals surface area contributed by atoms with Gasteiger partial charge in [-0.15, -0.1) is 0 Å². The number of ether oxygens (including phenoxy) is 4. The van der Waals surface area contributed by atoms with Gasteiger partial charge < -0.3 is 33.8 Å². The third kappa shape index (κ3) is 66.5. The van der Waals surface area contributed by atoms with E-state index in [-0.39, 0.29) is 25.7 Å². The molecule has 0 aromatic heterocycles. The van der Waals surface area contributed by atoms with E-state index in [9.17, 15) is 43.2 Å². The molecule has 540 valence electrons. The van der Waals surface area contributed by atoms with Gasteiger partial charge in [0.1, 0.15) is 19.3 Å². The van der Waals surface area contributed by atoms with Crippen molar-refractivity contribution in [1.29, 1.82) is 0 Å². The predicted octanol–water partition coefficient (Wildman–Crippen LogP) is 20.9. The number of unbranched alkanes of at least 4 members (excludes halogenated alkanes) is 44. The molecule has 0 rings (SSSR count). The van der Waals surface area contributed by atoms with Gasteiger partial charge in [0, 0.05) is 25.7 Å². The number of phosphoric acid groups is 2. The summed E-state index contributed by atoms with van der Waals surface area (Å²) in [6.07, 6.45) is 53.0. The first kappa shape index (κ1) is 89.1. The van der Waals surface area contributed by atoms with Crippen LogP contribution in [0.5, 0.6) is 0 Å². The van der Waals surface area contributed by atoms with Gasteiger partial charge in [-0.05, 0) is 31.6 Å². The molecular weight excluding hydrogens is 1200 g/mol. The van der Waals surface area contributed by atoms with Crippen LogP contribution in [0.3, 0.4) is 0 Å². The lowest BCUT2D eigenvalue weighted by Crippen LogP contribution is -2.30. The van der Waals surface area contributed by atoms with Crippen LogP contribution in [0.25, 0.3) is 0 Å². The Balaban J connectivity index is 5.14. The van der Waals surface area contributed by atoms with Gasteiger partial charge in [0.15, 0.2) is 12.2 Å². The molecule has 0 saturated carbocycles. The fraction of sp³-hybridized carbons (Fsp3) is 0.944. The van der Waals surface area contributed by atoms with Gasteiger partial charge in [0.25, 0.3) is 0 Å². The summed E-state index contributed by atoms with van der Waals surface area (Å²) in [4.78, 5) is 72.4. The number of carbonyl (C=O) groups excluding carboxylic acids is 4. The van der Waals surface area contributed by atoms with Gasteiger partial charge in [-0.25, -0.2) is 9.13 Å². The quantitative estimate of drug-likeness (QED) is 0.0222. The SMILES string of the molecule is CCCCCCCCCCCCCCCCCCCCCCCC(=O)O[C@H](COC(=O)CCCCCCCCCCCCC(C)C)COP(=O)(O)OC[C@@H](O)COP(=O)(O)OC[C@@H](COC(=O)CCCCCCCCC)OC(=O)CCCCCCCCCCCC. The highest BCUT2D eigenvalue weighted by molar-refractivity contribution is 7.47. The molecule has 17 nitrogen and oxygen atoms in total. The summed E-state index contributed by atoms with van der Waals surface area (Å²) in [6, 6.07) is 0. The summed E-state index contributed by atoms with van der Waals surface area (Å²) in [5, 5.41) is 10.6. The molecule has 0 saturated heterocycles. The lowest BCUT2D eigenvalue weighted by molar-refractivity contribution is -0.161. The first-order chi connectivity index (χ1) is 44.0. The van der Waals surface area contributed by atoms with Crippen LogP contribution in [0.1, 0.15) is 375 Å². The monoisotopic (exact) mass is 1340 g/mol.